The molecule has 0 aliphatic carbocycles. The average molecular weight is 1080 g/mol. The molecule has 344 valence electrons. The van der Waals surface area contributed by atoms with Gasteiger partial charge in [0.1, 0.15) is 22.7 Å². The van der Waals surface area contributed by atoms with Crippen LogP contribution >= 0.6 is 0 Å². The van der Waals surface area contributed by atoms with E-state index in [1.165, 1.54) is 5.56 Å². The van der Waals surface area contributed by atoms with Crippen LogP contribution < -0.4 is 0 Å². The molecule has 0 bridgehead atoms. The topological polar surface area (TPSA) is 64.1 Å². The van der Waals surface area contributed by atoms with E-state index < -0.39 is 5.41 Å². The van der Waals surface area contributed by atoms with Crippen molar-refractivity contribution in [3.63, 3.8) is 0 Å². The molecule has 69 heavy (non-hydrogen) atoms. The van der Waals surface area contributed by atoms with Crippen LogP contribution in [0.1, 0.15) is 77.6 Å². The van der Waals surface area contributed by atoms with Crippen LogP contribution in [0.15, 0.2) is 180 Å². The fourth-order valence-corrected chi connectivity index (χ4v) is 9.91. The third-order valence-electron chi connectivity index (χ3n) is 13.8. The predicted molar refractivity (Wildman–Crippen MR) is 282 cm³/mol. The average Bonchev–Trinajstić information content (AvgIpc) is 3.92. The molecule has 3 aromatic heterocycles. The summed E-state index contributed by atoms with van der Waals surface area (Å²) in [6.07, 6.45) is 1.95. The van der Waals surface area contributed by atoms with Crippen molar-refractivity contribution in [1.29, 1.82) is 0 Å². The van der Waals surface area contributed by atoms with Crippen molar-refractivity contribution in [2.45, 2.75) is 71.6 Å². The summed E-state index contributed by atoms with van der Waals surface area (Å²) in [6, 6.07) is 63.4. The molecule has 11 rings (SSSR count). The van der Waals surface area contributed by atoms with Gasteiger partial charge in [-0.2, -0.15) is 0 Å². The molecule has 0 amide bonds. The molecule has 0 radical (unpaired) electrons. The third-order valence-corrected chi connectivity index (χ3v) is 13.8. The molecule has 6 heteroatoms. The number of furan rings is 1. The maximum atomic E-state index is 12.5. The van der Waals surface area contributed by atoms with E-state index in [1.54, 1.807) is 0 Å². The molecule has 0 spiro atoms. The molecular weight excluding hydrogens is 1030 g/mol. The van der Waals surface area contributed by atoms with Crippen molar-refractivity contribution in [2.75, 3.05) is 0 Å². The largest absolute Gasteiger partial charge is 0.507 e. The Balaban J connectivity index is 0.00000553. The number of para-hydroxylation sites is 2. The third kappa shape index (κ3) is 7.97. The van der Waals surface area contributed by atoms with Gasteiger partial charge in [-0.25, -0.2) is 4.98 Å². The SMILES string of the molecule is CC(C)(C)c1cc(-c2nc3c(-c4[c-]c(-c5cc6oc7ccc8ccccc8c7c6cn5)cc(C(C)(C)c5ccccc5)c4)cccc3n2-c2ccccc2-c2ccccc2)c(O)c(C(C)(C)C)c1.[Pt]. The van der Waals surface area contributed by atoms with Crippen molar-refractivity contribution in [3.8, 4) is 56.3 Å². The number of pyridine rings is 1. The van der Waals surface area contributed by atoms with Crippen molar-refractivity contribution >= 4 is 43.7 Å². The van der Waals surface area contributed by atoms with E-state index in [9.17, 15) is 5.11 Å². The zero-order valence-electron chi connectivity index (χ0n) is 40.3. The number of hydrogen-bond donors (Lipinski definition) is 1. The number of fused-ring (bicyclic) bond motifs is 6. The molecule has 0 unspecified atom stereocenters. The quantitative estimate of drug-likeness (QED) is 0.162. The van der Waals surface area contributed by atoms with Gasteiger partial charge >= 0.3 is 0 Å². The van der Waals surface area contributed by atoms with Gasteiger partial charge in [-0.3, -0.25) is 9.55 Å². The molecule has 0 aliphatic rings. The van der Waals surface area contributed by atoms with Crippen LogP contribution in [0.25, 0.3) is 94.3 Å². The first-order valence-corrected chi connectivity index (χ1v) is 23.5. The Morgan fingerprint density at radius 1 is 0.551 bits per heavy atom. The summed E-state index contributed by atoms with van der Waals surface area (Å²) in [4.78, 5) is 10.8. The van der Waals surface area contributed by atoms with E-state index in [4.69, 9.17) is 14.4 Å². The molecule has 0 fully saturated rings. The number of phenols is 1. The number of hydrogen-bond acceptors (Lipinski definition) is 4. The van der Waals surface area contributed by atoms with Gasteiger partial charge < -0.3 is 9.52 Å². The monoisotopic (exact) mass is 1080 g/mol. The Hall–Kier alpha value is -7.07. The number of imidazole rings is 1. The van der Waals surface area contributed by atoms with Gasteiger partial charge in [-0.05, 0) is 68.6 Å². The van der Waals surface area contributed by atoms with Gasteiger partial charge in [0.15, 0.2) is 0 Å². The Labute approximate surface area is 418 Å². The summed E-state index contributed by atoms with van der Waals surface area (Å²) in [7, 11) is 0. The van der Waals surface area contributed by atoms with E-state index in [0.29, 0.717) is 11.4 Å². The maximum absolute atomic E-state index is 12.5. The van der Waals surface area contributed by atoms with Gasteiger partial charge in [0.2, 0.25) is 0 Å². The summed E-state index contributed by atoms with van der Waals surface area (Å²) >= 11 is 0. The predicted octanol–water partition coefficient (Wildman–Crippen LogP) is 16.6. The minimum Gasteiger partial charge on any atom is -0.507 e. The summed E-state index contributed by atoms with van der Waals surface area (Å²) in [5.74, 6) is 0.900. The maximum Gasteiger partial charge on any atom is 0.148 e. The Kier molecular flexibility index (Phi) is 11.4. The normalized spacial score (nSPS) is 12.3. The smallest absolute Gasteiger partial charge is 0.148 e. The molecule has 0 saturated heterocycles. The van der Waals surface area contributed by atoms with Crippen LogP contribution in [0.3, 0.4) is 0 Å². The summed E-state index contributed by atoms with van der Waals surface area (Å²) in [5, 5.41) is 16.9. The number of nitrogens with zero attached hydrogens (tertiary/aromatic N) is 3. The molecular formula is C63H54N3O2Pt-. The number of aromatic hydroxyl groups is 1. The Bertz CT molecular complexity index is 3740. The van der Waals surface area contributed by atoms with Crippen LogP contribution in [-0.2, 0) is 37.3 Å². The van der Waals surface area contributed by atoms with Gasteiger partial charge in [-0.1, -0.05) is 194 Å². The van der Waals surface area contributed by atoms with Gasteiger partial charge in [0.05, 0.1) is 22.3 Å². The van der Waals surface area contributed by atoms with Crippen molar-refractivity contribution in [3.05, 3.63) is 204 Å². The molecule has 8 aromatic carbocycles. The van der Waals surface area contributed by atoms with E-state index in [1.807, 2.05) is 12.3 Å². The molecule has 11 aromatic rings. The van der Waals surface area contributed by atoms with Crippen LogP contribution in [0.4, 0.5) is 0 Å². The number of phenolic OH excluding ortho intramolecular Hbond substituents is 1. The van der Waals surface area contributed by atoms with E-state index in [0.717, 1.165) is 99.6 Å². The number of rotatable bonds is 7. The minimum atomic E-state index is -0.391. The molecule has 0 atom stereocenters. The summed E-state index contributed by atoms with van der Waals surface area (Å²) in [5.41, 5.74) is 13.9. The first-order chi connectivity index (χ1) is 32.6. The van der Waals surface area contributed by atoms with E-state index in [-0.39, 0.29) is 37.6 Å². The first kappa shape index (κ1) is 45.7. The summed E-state index contributed by atoms with van der Waals surface area (Å²) in [6.45, 7) is 17.7. The fourth-order valence-electron chi connectivity index (χ4n) is 9.91. The fraction of sp³-hybridized carbons (Fsp3) is 0.175. The zero-order valence-corrected chi connectivity index (χ0v) is 42.5. The van der Waals surface area contributed by atoms with Crippen LogP contribution in [0, 0.1) is 6.07 Å². The van der Waals surface area contributed by atoms with E-state index in [2.05, 4.69) is 230 Å². The Morgan fingerprint density at radius 3 is 1.99 bits per heavy atom. The van der Waals surface area contributed by atoms with Crippen molar-refractivity contribution in [2.24, 2.45) is 0 Å². The van der Waals surface area contributed by atoms with Gasteiger partial charge in [0, 0.05) is 60.3 Å². The van der Waals surface area contributed by atoms with Crippen LogP contribution in [-0.4, -0.2) is 19.6 Å². The molecule has 0 aliphatic heterocycles. The van der Waals surface area contributed by atoms with Gasteiger partial charge in [0.25, 0.3) is 0 Å². The molecule has 5 nitrogen and oxygen atoms in total. The summed E-state index contributed by atoms with van der Waals surface area (Å²) < 4.78 is 8.83. The molecule has 1 N–H and O–H groups in total. The van der Waals surface area contributed by atoms with Crippen LogP contribution in [0.5, 0.6) is 5.75 Å². The van der Waals surface area contributed by atoms with Crippen LogP contribution in [0.2, 0.25) is 0 Å². The second-order valence-electron chi connectivity index (χ2n) is 20.8. The second kappa shape index (κ2) is 17.2. The van der Waals surface area contributed by atoms with Crippen molar-refractivity contribution in [1.82, 2.24) is 14.5 Å². The standard InChI is InChI=1S/C63H54N3O2.Pt/c1-61(2,3)44-35-49(59(67)51(36-44)62(4,5)6)60-65-58-48(27-19-29-54(58)66(60)53-28-18-17-25-46(53)39-20-11-9-12-21-39)41-32-42(34-45(33-41)63(7,8)43-23-13-10-14-24-43)52-37-56-50(38-64-52)57-47-26-16-15-22-40(47)30-31-55(57)68-56;/h9-31,33-38,67H,1-8H3;/q-1;. The van der Waals surface area contributed by atoms with Gasteiger partial charge in [-0.15, -0.1) is 29.3 Å². The second-order valence-corrected chi connectivity index (χ2v) is 20.8. The number of benzene rings is 8. The first-order valence-electron chi connectivity index (χ1n) is 23.5. The molecule has 0 saturated carbocycles. The molecule has 3 heterocycles. The zero-order chi connectivity index (χ0) is 47.1. The minimum absolute atomic E-state index is 0. The van der Waals surface area contributed by atoms with E-state index >= 15 is 0 Å². The van der Waals surface area contributed by atoms with Crippen molar-refractivity contribution < 1.29 is 30.6 Å². The number of aromatic nitrogens is 3. The Morgan fingerprint density at radius 2 is 1.23 bits per heavy atom.